The molecule has 0 aliphatic carbocycles. The van der Waals surface area contributed by atoms with Crippen molar-refractivity contribution in [3.63, 3.8) is 0 Å². The Morgan fingerprint density at radius 3 is 2.06 bits per heavy atom. The second-order valence-electron chi connectivity index (χ2n) is 8.33. The molecule has 0 radical (unpaired) electrons. The summed E-state index contributed by atoms with van der Waals surface area (Å²) in [5.74, 6) is 0.264. The standard InChI is InChI=1S/C27H29ClN2O/c28-26-16-8-7-14-24(26)20-29-17-9-15-25(21-29)27(31)30(18-22-10-3-1-4-11-22)19-23-12-5-2-6-13-23/h1-8,10-14,16,25H,9,15,17-21H2. The average Bonchev–Trinajstić information content (AvgIpc) is 2.81. The van der Waals surface area contributed by atoms with Crippen molar-refractivity contribution in [2.75, 3.05) is 13.1 Å². The highest BCUT2D eigenvalue weighted by molar-refractivity contribution is 6.31. The quantitative estimate of drug-likeness (QED) is 0.472. The van der Waals surface area contributed by atoms with Gasteiger partial charge in [-0.15, -0.1) is 0 Å². The molecule has 1 aliphatic heterocycles. The van der Waals surface area contributed by atoms with E-state index < -0.39 is 0 Å². The van der Waals surface area contributed by atoms with Crippen LogP contribution in [-0.4, -0.2) is 28.8 Å². The fourth-order valence-corrected chi connectivity index (χ4v) is 4.54. The summed E-state index contributed by atoms with van der Waals surface area (Å²) in [6.45, 7) is 3.85. The van der Waals surface area contributed by atoms with Crippen LogP contribution in [-0.2, 0) is 24.4 Å². The average molecular weight is 433 g/mol. The number of carbonyl (C=O) groups excluding carboxylic acids is 1. The molecule has 1 atom stereocenters. The molecule has 3 aromatic carbocycles. The van der Waals surface area contributed by atoms with E-state index in [9.17, 15) is 4.79 Å². The molecule has 1 unspecified atom stereocenters. The van der Waals surface area contributed by atoms with Gasteiger partial charge in [-0.1, -0.05) is 90.5 Å². The van der Waals surface area contributed by atoms with Gasteiger partial charge in [-0.2, -0.15) is 0 Å². The van der Waals surface area contributed by atoms with Crippen LogP contribution >= 0.6 is 11.6 Å². The molecule has 0 aromatic heterocycles. The van der Waals surface area contributed by atoms with E-state index in [0.29, 0.717) is 13.1 Å². The van der Waals surface area contributed by atoms with Gasteiger partial charge in [-0.05, 0) is 42.1 Å². The van der Waals surface area contributed by atoms with Crippen LogP contribution in [0, 0.1) is 5.92 Å². The molecule has 1 saturated heterocycles. The van der Waals surface area contributed by atoms with Gasteiger partial charge in [-0.25, -0.2) is 0 Å². The molecule has 0 bridgehead atoms. The monoisotopic (exact) mass is 432 g/mol. The van der Waals surface area contributed by atoms with E-state index in [0.717, 1.165) is 54.2 Å². The van der Waals surface area contributed by atoms with Gasteiger partial charge in [0.1, 0.15) is 0 Å². The maximum Gasteiger partial charge on any atom is 0.227 e. The molecule has 3 aromatic rings. The smallest absolute Gasteiger partial charge is 0.227 e. The molecular weight excluding hydrogens is 404 g/mol. The Morgan fingerprint density at radius 2 is 1.45 bits per heavy atom. The van der Waals surface area contributed by atoms with E-state index in [1.165, 1.54) is 0 Å². The lowest BCUT2D eigenvalue weighted by atomic mass is 9.95. The fourth-order valence-electron chi connectivity index (χ4n) is 4.35. The summed E-state index contributed by atoms with van der Waals surface area (Å²) < 4.78 is 0. The Kier molecular flexibility index (Phi) is 7.39. The third-order valence-electron chi connectivity index (χ3n) is 5.95. The molecule has 1 heterocycles. The summed E-state index contributed by atoms with van der Waals surface area (Å²) >= 11 is 6.37. The first kappa shape index (κ1) is 21.6. The predicted octanol–water partition coefficient (Wildman–Crippen LogP) is 5.78. The van der Waals surface area contributed by atoms with Crippen molar-refractivity contribution in [3.8, 4) is 0 Å². The maximum absolute atomic E-state index is 13.6. The third kappa shape index (κ3) is 5.96. The number of hydrogen-bond donors (Lipinski definition) is 0. The Balaban J connectivity index is 1.47. The number of hydrogen-bond acceptors (Lipinski definition) is 2. The van der Waals surface area contributed by atoms with E-state index >= 15 is 0 Å². The van der Waals surface area contributed by atoms with Crippen molar-refractivity contribution in [3.05, 3.63) is 107 Å². The van der Waals surface area contributed by atoms with E-state index in [4.69, 9.17) is 11.6 Å². The number of likely N-dealkylation sites (tertiary alicyclic amines) is 1. The number of carbonyl (C=O) groups is 1. The van der Waals surface area contributed by atoms with Gasteiger partial charge in [-0.3, -0.25) is 9.69 Å². The van der Waals surface area contributed by atoms with Crippen molar-refractivity contribution in [2.45, 2.75) is 32.5 Å². The molecule has 4 heteroatoms. The minimum absolute atomic E-state index is 0.0173. The molecule has 31 heavy (non-hydrogen) atoms. The van der Waals surface area contributed by atoms with Gasteiger partial charge < -0.3 is 4.90 Å². The van der Waals surface area contributed by atoms with Crippen LogP contribution in [0.4, 0.5) is 0 Å². The van der Waals surface area contributed by atoms with Crippen LogP contribution in [0.1, 0.15) is 29.5 Å². The zero-order valence-electron chi connectivity index (χ0n) is 17.8. The van der Waals surface area contributed by atoms with E-state index in [-0.39, 0.29) is 11.8 Å². The molecule has 3 nitrogen and oxygen atoms in total. The molecule has 1 aliphatic rings. The summed E-state index contributed by atoms with van der Waals surface area (Å²) in [5, 5.41) is 0.797. The third-order valence-corrected chi connectivity index (χ3v) is 6.32. The van der Waals surface area contributed by atoms with Crippen molar-refractivity contribution in [2.24, 2.45) is 5.92 Å². The first-order valence-corrected chi connectivity index (χ1v) is 11.4. The van der Waals surface area contributed by atoms with Crippen LogP contribution in [0.25, 0.3) is 0 Å². The molecular formula is C27H29ClN2O. The number of piperidine rings is 1. The Labute approximate surface area is 190 Å². The molecule has 0 saturated carbocycles. The highest BCUT2D eigenvalue weighted by Crippen LogP contribution is 2.24. The Bertz CT molecular complexity index is 935. The topological polar surface area (TPSA) is 23.6 Å². The summed E-state index contributed by atoms with van der Waals surface area (Å²) in [4.78, 5) is 18.0. The predicted molar refractivity (Wildman–Crippen MR) is 127 cm³/mol. The summed E-state index contributed by atoms with van der Waals surface area (Å²) in [6.07, 6.45) is 1.98. The van der Waals surface area contributed by atoms with Crippen LogP contribution in [0.5, 0.6) is 0 Å². The van der Waals surface area contributed by atoms with Crippen molar-refractivity contribution >= 4 is 17.5 Å². The van der Waals surface area contributed by atoms with Gasteiger partial charge in [0, 0.05) is 31.2 Å². The van der Waals surface area contributed by atoms with E-state index in [1.807, 2.05) is 59.5 Å². The first-order valence-electron chi connectivity index (χ1n) is 11.0. The van der Waals surface area contributed by atoms with Gasteiger partial charge in [0.2, 0.25) is 5.91 Å². The molecule has 4 rings (SSSR count). The normalized spacial score (nSPS) is 16.7. The first-order chi connectivity index (χ1) is 15.2. The molecule has 1 fully saturated rings. The number of rotatable bonds is 7. The Morgan fingerprint density at radius 1 is 0.871 bits per heavy atom. The number of benzene rings is 3. The van der Waals surface area contributed by atoms with E-state index in [2.05, 4.69) is 35.2 Å². The highest BCUT2D eigenvalue weighted by Gasteiger charge is 2.29. The minimum Gasteiger partial charge on any atom is -0.334 e. The SMILES string of the molecule is O=C(C1CCCN(Cc2ccccc2Cl)C1)N(Cc1ccccc1)Cc1ccccc1. The molecule has 160 valence electrons. The largest absolute Gasteiger partial charge is 0.334 e. The van der Waals surface area contributed by atoms with E-state index in [1.54, 1.807) is 0 Å². The zero-order valence-corrected chi connectivity index (χ0v) is 18.5. The fraction of sp³-hybridized carbons (Fsp3) is 0.296. The second-order valence-corrected chi connectivity index (χ2v) is 8.74. The summed E-state index contributed by atoms with van der Waals surface area (Å²) in [7, 11) is 0. The minimum atomic E-state index is 0.0173. The van der Waals surface area contributed by atoms with Gasteiger partial charge in [0.25, 0.3) is 0 Å². The molecule has 1 amide bonds. The summed E-state index contributed by atoms with van der Waals surface area (Å²) in [6, 6.07) is 28.5. The number of amides is 1. The number of nitrogens with zero attached hydrogens (tertiary/aromatic N) is 2. The molecule has 0 N–H and O–H groups in total. The number of halogens is 1. The van der Waals surface area contributed by atoms with Crippen LogP contribution in [0.2, 0.25) is 5.02 Å². The van der Waals surface area contributed by atoms with Crippen LogP contribution in [0.15, 0.2) is 84.9 Å². The lowest BCUT2D eigenvalue weighted by molar-refractivity contribution is -0.138. The lowest BCUT2D eigenvalue weighted by Gasteiger charge is -2.35. The Hall–Kier alpha value is -2.62. The summed E-state index contributed by atoms with van der Waals surface area (Å²) in [5.41, 5.74) is 3.45. The second kappa shape index (κ2) is 10.6. The van der Waals surface area contributed by atoms with Gasteiger partial charge in [0.05, 0.1) is 5.92 Å². The van der Waals surface area contributed by atoms with Crippen LogP contribution < -0.4 is 0 Å². The molecule has 0 spiro atoms. The lowest BCUT2D eigenvalue weighted by Crippen LogP contribution is -2.44. The van der Waals surface area contributed by atoms with Crippen molar-refractivity contribution in [1.29, 1.82) is 0 Å². The zero-order chi connectivity index (χ0) is 21.5. The van der Waals surface area contributed by atoms with Gasteiger partial charge in [0.15, 0.2) is 0 Å². The van der Waals surface area contributed by atoms with Crippen LogP contribution in [0.3, 0.4) is 0 Å². The van der Waals surface area contributed by atoms with Crippen molar-refractivity contribution in [1.82, 2.24) is 9.80 Å². The highest BCUT2D eigenvalue weighted by atomic mass is 35.5. The van der Waals surface area contributed by atoms with Crippen molar-refractivity contribution < 1.29 is 4.79 Å². The maximum atomic E-state index is 13.6. The van der Waals surface area contributed by atoms with Gasteiger partial charge >= 0.3 is 0 Å².